The molecule has 4 rings (SSSR count). The van der Waals surface area contributed by atoms with Crippen LogP contribution in [0.15, 0.2) is 70.2 Å². The number of nitrogens with zero attached hydrogens (tertiary/aromatic N) is 3. The lowest BCUT2D eigenvalue weighted by Crippen LogP contribution is -2.31. The highest BCUT2D eigenvalue weighted by atomic mass is 32.2. The number of halogens is 1. The van der Waals surface area contributed by atoms with Crippen molar-refractivity contribution < 1.29 is 22.0 Å². The second-order valence-electron chi connectivity index (χ2n) is 7.17. The molecule has 2 aromatic carbocycles. The standard InChI is InChI=1S/C23H22FN3O4S2/c1-3-26(4-2)33(29,30)18-12-10-16(11-13-18)22(28)27(15-17-7-6-14-31-17)23-25-21-19(24)8-5-9-20(21)32-23/h5-14H,3-4,15H2,1-2H3. The van der Waals surface area contributed by atoms with Crippen molar-refractivity contribution in [2.45, 2.75) is 25.3 Å². The van der Waals surface area contributed by atoms with E-state index in [0.717, 1.165) is 0 Å². The first-order valence-electron chi connectivity index (χ1n) is 10.3. The minimum Gasteiger partial charge on any atom is -0.467 e. The predicted octanol–water partition coefficient (Wildman–Crippen LogP) is 4.91. The lowest BCUT2D eigenvalue weighted by atomic mass is 10.2. The summed E-state index contributed by atoms with van der Waals surface area (Å²) in [6.07, 6.45) is 1.50. The Morgan fingerprint density at radius 1 is 1.06 bits per heavy atom. The Morgan fingerprint density at radius 3 is 2.39 bits per heavy atom. The third-order valence-electron chi connectivity index (χ3n) is 5.17. The fourth-order valence-corrected chi connectivity index (χ4v) is 5.88. The highest BCUT2D eigenvalue weighted by Gasteiger charge is 2.25. The van der Waals surface area contributed by atoms with Crippen molar-refractivity contribution in [3.8, 4) is 0 Å². The van der Waals surface area contributed by atoms with Gasteiger partial charge >= 0.3 is 0 Å². The van der Waals surface area contributed by atoms with Gasteiger partial charge in [-0.25, -0.2) is 17.8 Å². The van der Waals surface area contributed by atoms with Gasteiger partial charge in [0.05, 0.1) is 22.4 Å². The molecule has 4 aromatic rings. The van der Waals surface area contributed by atoms with Crippen molar-refractivity contribution >= 4 is 42.6 Å². The van der Waals surface area contributed by atoms with Crippen molar-refractivity contribution in [2.24, 2.45) is 0 Å². The number of sulfonamides is 1. The van der Waals surface area contributed by atoms with Crippen molar-refractivity contribution in [2.75, 3.05) is 18.0 Å². The van der Waals surface area contributed by atoms with Crippen molar-refractivity contribution in [3.63, 3.8) is 0 Å². The number of hydrogen-bond donors (Lipinski definition) is 0. The van der Waals surface area contributed by atoms with E-state index in [1.54, 1.807) is 38.1 Å². The molecule has 0 atom stereocenters. The van der Waals surface area contributed by atoms with Crippen LogP contribution in [0.25, 0.3) is 10.2 Å². The molecule has 2 aromatic heterocycles. The number of para-hydroxylation sites is 1. The van der Waals surface area contributed by atoms with E-state index >= 15 is 0 Å². The van der Waals surface area contributed by atoms with Crippen LogP contribution in [0.2, 0.25) is 0 Å². The van der Waals surface area contributed by atoms with Crippen LogP contribution in [0.4, 0.5) is 9.52 Å². The highest BCUT2D eigenvalue weighted by molar-refractivity contribution is 7.89. The average molecular weight is 488 g/mol. The van der Waals surface area contributed by atoms with Gasteiger partial charge in [0, 0.05) is 18.7 Å². The van der Waals surface area contributed by atoms with E-state index in [0.29, 0.717) is 28.7 Å². The number of thiazole rings is 1. The molecule has 0 saturated carbocycles. The number of carbonyl (C=O) groups is 1. The Balaban J connectivity index is 1.70. The van der Waals surface area contributed by atoms with Gasteiger partial charge in [0.25, 0.3) is 5.91 Å². The van der Waals surface area contributed by atoms with Crippen LogP contribution in [-0.4, -0.2) is 36.7 Å². The topological polar surface area (TPSA) is 83.7 Å². The maximum absolute atomic E-state index is 14.2. The first kappa shape index (κ1) is 23.1. The number of anilines is 1. The molecule has 0 radical (unpaired) electrons. The van der Waals surface area contributed by atoms with E-state index in [-0.39, 0.29) is 22.5 Å². The van der Waals surface area contributed by atoms with Gasteiger partial charge in [0.2, 0.25) is 10.0 Å². The Labute approximate surface area is 195 Å². The second-order valence-corrected chi connectivity index (χ2v) is 10.1. The SMILES string of the molecule is CCN(CC)S(=O)(=O)c1ccc(C(=O)N(Cc2ccco2)c2nc3c(F)cccc3s2)cc1. The summed E-state index contributed by atoms with van der Waals surface area (Å²) in [5, 5.41) is 0.316. The quantitative estimate of drug-likeness (QED) is 0.353. The van der Waals surface area contributed by atoms with Crippen LogP contribution in [0, 0.1) is 5.82 Å². The van der Waals surface area contributed by atoms with Gasteiger partial charge in [-0.3, -0.25) is 9.69 Å². The third kappa shape index (κ3) is 4.54. The maximum Gasteiger partial charge on any atom is 0.260 e. The zero-order valence-electron chi connectivity index (χ0n) is 18.1. The summed E-state index contributed by atoms with van der Waals surface area (Å²) in [5.41, 5.74) is 0.468. The molecule has 172 valence electrons. The summed E-state index contributed by atoms with van der Waals surface area (Å²) in [6.45, 7) is 4.33. The van der Waals surface area contributed by atoms with Gasteiger partial charge in [0.15, 0.2) is 5.13 Å². The van der Waals surface area contributed by atoms with Gasteiger partial charge in [-0.2, -0.15) is 4.31 Å². The summed E-state index contributed by atoms with van der Waals surface area (Å²) in [6, 6.07) is 13.9. The lowest BCUT2D eigenvalue weighted by Gasteiger charge is -2.20. The Morgan fingerprint density at radius 2 is 1.79 bits per heavy atom. The predicted molar refractivity (Wildman–Crippen MR) is 125 cm³/mol. The van der Waals surface area contributed by atoms with Crippen LogP contribution < -0.4 is 4.90 Å². The lowest BCUT2D eigenvalue weighted by molar-refractivity contribution is 0.0983. The van der Waals surface area contributed by atoms with Crippen LogP contribution in [0.5, 0.6) is 0 Å². The number of benzene rings is 2. The van der Waals surface area contributed by atoms with E-state index in [1.807, 2.05) is 0 Å². The van der Waals surface area contributed by atoms with Gasteiger partial charge in [-0.15, -0.1) is 0 Å². The molecular weight excluding hydrogens is 465 g/mol. The first-order valence-corrected chi connectivity index (χ1v) is 12.6. The van der Waals surface area contributed by atoms with Crippen LogP contribution in [0.3, 0.4) is 0 Å². The normalized spacial score (nSPS) is 11.9. The number of aromatic nitrogens is 1. The summed E-state index contributed by atoms with van der Waals surface area (Å²) < 4.78 is 47.1. The van der Waals surface area contributed by atoms with Crippen LogP contribution in [0.1, 0.15) is 30.0 Å². The molecule has 0 N–H and O–H groups in total. The molecule has 7 nitrogen and oxygen atoms in total. The molecule has 0 unspecified atom stereocenters. The molecule has 0 aliphatic rings. The highest BCUT2D eigenvalue weighted by Crippen LogP contribution is 2.32. The first-order chi connectivity index (χ1) is 15.8. The average Bonchev–Trinajstić information content (AvgIpc) is 3.48. The molecule has 2 heterocycles. The molecule has 0 bridgehead atoms. The molecule has 0 spiro atoms. The van der Waals surface area contributed by atoms with Crippen LogP contribution >= 0.6 is 11.3 Å². The van der Waals surface area contributed by atoms with Gasteiger partial charge < -0.3 is 4.42 Å². The zero-order valence-corrected chi connectivity index (χ0v) is 19.7. The van der Waals surface area contributed by atoms with Crippen molar-refractivity contribution in [3.05, 3.63) is 78.0 Å². The number of hydrogen-bond acceptors (Lipinski definition) is 6. The molecule has 0 aliphatic carbocycles. The zero-order chi connectivity index (χ0) is 23.6. The number of fused-ring (bicyclic) bond motifs is 1. The minimum absolute atomic E-state index is 0.0901. The summed E-state index contributed by atoms with van der Waals surface area (Å²) in [7, 11) is -3.64. The second kappa shape index (κ2) is 9.42. The number of amides is 1. The summed E-state index contributed by atoms with van der Waals surface area (Å²) in [5.74, 6) is -0.340. The minimum atomic E-state index is -3.64. The Hall–Kier alpha value is -3.08. The smallest absolute Gasteiger partial charge is 0.260 e. The molecular formula is C23H22FN3O4S2. The fourth-order valence-electron chi connectivity index (χ4n) is 3.44. The largest absolute Gasteiger partial charge is 0.467 e. The molecule has 0 saturated heterocycles. The van der Waals surface area contributed by atoms with E-state index in [4.69, 9.17) is 4.42 Å². The number of furan rings is 1. The van der Waals surface area contributed by atoms with E-state index < -0.39 is 21.7 Å². The maximum atomic E-state index is 14.2. The molecule has 1 amide bonds. The number of rotatable bonds is 8. The van der Waals surface area contributed by atoms with Gasteiger partial charge in [0.1, 0.15) is 17.1 Å². The van der Waals surface area contributed by atoms with Crippen molar-refractivity contribution in [1.29, 1.82) is 0 Å². The van der Waals surface area contributed by atoms with Gasteiger partial charge in [-0.1, -0.05) is 31.3 Å². The molecule has 0 fully saturated rings. The van der Waals surface area contributed by atoms with Gasteiger partial charge in [-0.05, 0) is 48.5 Å². The molecule has 10 heteroatoms. The monoisotopic (exact) mass is 487 g/mol. The Kier molecular flexibility index (Phi) is 6.59. The van der Waals surface area contributed by atoms with E-state index in [2.05, 4.69) is 4.98 Å². The van der Waals surface area contributed by atoms with E-state index in [9.17, 15) is 17.6 Å². The van der Waals surface area contributed by atoms with E-state index in [1.165, 1.54) is 57.1 Å². The summed E-state index contributed by atoms with van der Waals surface area (Å²) in [4.78, 5) is 19.3. The summed E-state index contributed by atoms with van der Waals surface area (Å²) >= 11 is 1.19. The third-order valence-corrected chi connectivity index (χ3v) is 8.28. The van der Waals surface area contributed by atoms with Crippen molar-refractivity contribution in [1.82, 2.24) is 9.29 Å². The fraction of sp³-hybridized carbons (Fsp3) is 0.217. The van der Waals surface area contributed by atoms with Crippen LogP contribution in [-0.2, 0) is 16.6 Å². The Bertz CT molecular complexity index is 1360. The molecule has 33 heavy (non-hydrogen) atoms. The molecule has 0 aliphatic heterocycles. The number of carbonyl (C=O) groups excluding carboxylic acids is 1.